The second-order valence-electron chi connectivity index (χ2n) is 6.67. The molecule has 0 bridgehead atoms. The van der Waals surface area contributed by atoms with E-state index in [-0.39, 0.29) is 0 Å². The molecule has 8 heteroatoms. The van der Waals surface area contributed by atoms with Gasteiger partial charge in [0.05, 0.1) is 5.69 Å². The second kappa shape index (κ2) is 8.06. The van der Waals surface area contributed by atoms with Crippen molar-refractivity contribution in [3.63, 3.8) is 0 Å². The molecule has 1 unspecified atom stereocenters. The van der Waals surface area contributed by atoms with Gasteiger partial charge in [0.25, 0.3) is 5.91 Å². The van der Waals surface area contributed by atoms with Crippen molar-refractivity contribution in [3.05, 3.63) is 54.1 Å². The first-order chi connectivity index (χ1) is 13.7. The number of piperazine rings is 1. The lowest BCUT2D eigenvalue weighted by Crippen LogP contribution is -2.46. The van der Waals surface area contributed by atoms with E-state index < -0.39 is 18.0 Å². The average Bonchev–Trinajstić information content (AvgIpc) is 3.06. The van der Waals surface area contributed by atoms with Crippen LogP contribution in [0, 0.1) is 11.8 Å². The van der Waals surface area contributed by atoms with Gasteiger partial charge in [-0.3, -0.25) is 25.0 Å². The molecule has 2 aliphatic rings. The van der Waals surface area contributed by atoms with Crippen LogP contribution < -0.4 is 15.5 Å². The first-order valence-corrected chi connectivity index (χ1v) is 9.12. The van der Waals surface area contributed by atoms with E-state index in [4.69, 9.17) is 0 Å². The molecule has 4 heterocycles. The van der Waals surface area contributed by atoms with Gasteiger partial charge in [0.1, 0.15) is 0 Å². The summed E-state index contributed by atoms with van der Waals surface area (Å²) in [6.07, 6.45) is 5.34. The minimum atomic E-state index is -0.802. The number of imide groups is 1. The number of nitrogens with zero attached hydrogens (tertiary/aromatic N) is 4. The van der Waals surface area contributed by atoms with Gasteiger partial charge in [-0.2, -0.15) is 0 Å². The Balaban J connectivity index is 1.30. The highest BCUT2D eigenvalue weighted by molar-refractivity contribution is 6.05. The Morgan fingerprint density at radius 2 is 1.86 bits per heavy atom. The zero-order valence-corrected chi connectivity index (χ0v) is 15.3. The molecule has 0 aliphatic carbocycles. The van der Waals surface area contributed by atoms with Crippen LogP contribution in [-0.4, -0.2) is 59.0 Å². The summed E-state index contributed by atoms with van der Waals surface area (Å²) in [4.78, 5) is 35.8. The number of anilines is 1. The van der Waals surface area contributed by atoms with Gasteiger partial charge in [-0.05, 0) is 24.3 Å². The summed E-state index contributed by atoms with van der Waals surface area (Å²) in [6, 6.07) is 6.60. The number of urea groups is 1. The highest BCUT2D eigenvalue weighted by atomic mass is 16.2. The number of nitrogens with one attached hydrogen (secondary N) is 2. The smallest absolute Gasteiger partial charge is 0.322 e. The summed E-state index contributed by atoms with van der Waals surface area (Å²) in [5.41, 5.74) is 2.90. The molecule has 2 N–H and O–H groups in total. The molecule has 0 radical (unpaired) electrons. The Kier molecular flexibility index (Phi) is 5.17. The van der Waals surface area contributed by atoms with Crippen LogP contribution in [0.15, 0.2) is 42.9 Å². The highest BCUT2D eigenvalue weighted by Gasteiger charge is 2.27. The Bertz CT molecular complexity index is 911. The van der Waals surface area contributed by atoms with Gasteiger partial charge in [-0.25, -0.2) is 4.79 Å². The van der Waals surface area contributed by atoms with Crippen molar-refractivity contribution >= 4 is 17.6 Å². The molecular formula is C20H20N6O2. The number of hydrogen-bond donors (Lipinski definition) is 2. The minimum Gasteiger partial charge on any atom is -0.369 e. The van der Waals surface area contributed by atoms with Crippen LogP contribution in [0.2, 0.25) is 0 Å². The standard InChI is InChI=1S/C20H20N6O2/c27-19-18(23-20(28)24-19)4-2-15-1-3-16(22-13-15)14-25-9-11-26(12-10-25)17-5-7-21-8-6-17/h1,3,5-8,13,18H,9-12,14H2,(H2,23,24,27,28). The predicted octanol–water partition coefficient (Wildman–Crippen LogP) is 0.358. The van der Waals surface area contributed by atoms with E-state index in [1.165, 1.54) is 5.69 Å². The zero-order valence-electron chi connectivity index (χ0n) is 15.3. The lowest BCUT2D eigenvalue weighted by atomic mass is 10.2. The van der Waals surface area contributed by atoms with Crippen LogP contribution in [-0.2, 0) is 11.3 Å². The van der Waals surface area contributed by atoms with Crippen molar-refractivity contribution in [3.8, 4) is 11.8 Å². The van der Waals surface area contributed by atoms with E-state index in [0.717, 1.165) is 38.4 Å². The Morgan fingerprint density at radius 3 is 2.50 bits per heavy atom. The number of rotatable bonds is 3. The lowest BCUT2D eigenvalue weighted by Gasteiger charge is -2.35. The number of hydrogen-bond acceptors (Lipinski definition) is 6. The van der Waals surface area contributed by atoms with Gasteiger partial charge >= 0.3 is 6.03 Å². The lowest BCUT2D eigenvalue weighted by molar-refractivity contribution is -0.119. The van der Waals surface area contributed by atoms with Crippen LogP contribution in [0.1, 0.15) is 11.3 Å². The first kappa shape index (κ1) is 17.9. The van der Waals surface area contributed by atoms with Gasteiger partial charge < -0.3 is 10.2 Å². The third kappa shape index (κ3) is 4.27. The molecule has 0 aromatic carbocycles. The van der Waals surface area contributed by atoms with Gasteiger partial charge in [-0.1, -0.05) is 11.8 Å². The van der Waals surface area contributed by atoms with Crippen molar-refractivity contribution in [1.29, 1.82) is 0 Å². The van der Waals surface area contributed by atoms with Crippen molar-refractivity contribution in [2.75, 3.05) is 31.1 Å². The summed E-state index contributed by atoms with van der Waals surface area (Å²) in [7, 11) is 0. The fourth-order valence-electron chi connectivity index (χ4n) is 3.21. The summed E-state index contributed by atoms with van der Waals surface area (Å²) in [5.74, 6) is 5.20. The van der Waals surface area contributed by atoms with Crippen LogP contribution in [0.5, 0.6) is 0 Å². The van der Waals surface area contributed by atoms with Gasteiger partial charge in [0.2, 0.25) is 0 Å². The Hall–Kier alpha value is -3.44. The maximum Gasteiger partial charge on any atom is 0.322 e. The Labute approximate surface area is 163 Å². The molecule has 8 nitrogen and oxygen atoms in total. The number of aromatic nitrogens is 2. The molecule has 142 valence electrons. The number of carbonyl (C=O) groups excluding carboxylic acids is 2. The SMILES string of the molecule is O=C1NC(=O)C(C#Cc2ccc(CN3CCN(c4ccncc4)CC3)nc2)N1. The van der Waals surface area contributed by atoms with Crippen molar-refractivity contribution in [2.45, 2.75) is 12.6 Å². The summed E-state index contributed by atoms with van der Waals surface area (Å²) in [6.45, 7) is 4.69. The highest BCUT2D eigenvalue weighted by Crippen LogP contribution is 2.15. The van der Waals surface area contributed by atoms with E-state index in [1.54, 1.807) is 6.20 Å². The maximum atomic E-state index is 11.5. The zero-order chi connectivity index (χ0) is 19.3. The quantitative estimate of drug-likeness (QED) is 0.594. The predicted molar refractivity (Wildman–Crippen MR) is 103 cm³/mol. The van der Waals surface area contributed by atoms with Crippen molar-refractivity contribution < 1.29 is 9.59 Å². The van der Waals surface area contributed by atoms with Gasteiger partial charge in [0.15, 0.2) is 6.04 Å². The molecule has 2 saturated heterocycles. The van der Waals surface area contributed by atoms with E-state index in [2.05, 4.69) is 42.2 Å². The summed E-state index contributed by atoms with van der Waals surface area (Å²) in [5, 5.41) is 4.60. The van der Waals surface area contributed by atoms with Gasteiger partial charge in [-0.15, -0.1) is 0 Å². The first-order valence-electron chi connectivity index (χ1n) is 9.12. The topological polar surface area (TPSA) is 90.5 Å². The maximum absolute atomic E-state index is 11.5. The molecule has 1 atom stereocenters. The Morgan fingerprint density at radius 1 is 1.07 bits per heavy atom. The average molecular weight is 376 g/mol. The molecule has 2 aromatic heterocycles. The molecule has 28 heavy (non-hydrogen) atoms. The minimum absolute atomic E-state index is 0.423. The molecule has 2 fully saturated rings. The van der Waals surface area contributed by atoms with Crippen molar-refractivity contribution in [1.82, 2.24) is 25.5 Å². The number of pyridine rings is 2. The number of carbonyl (C=O) groups is 2. The van der Waals surface area contributed by atoms with E-state index in [1.807, 2.05) is 36.7 Å². The molecule has 2 aromatic rings. The third-order valence-corrected chi connectivity index (χ3v) is 4.75. The number of amides is 3. The fourth-order valence-corrected chi connectivity index (χ4v) is 3.21. The second-order valence-corrected chi connectivity index (χ2v) is 6.67. The molecule has 4 rings (SSSR count). The molecule has 3 amide bonds. The molecule has 0 spiro atoms. The largest absolute Gasteiger partial charge is 0.369 e. The molecule has 0 saturated carbocycles. The normalized spacial score (nSPS) is 19.6. The van der Waals surface area contributed by atoms with Crippen LogP contribution >= 0.6 is 0 Å². The van der Waals surface area contributed by atoms with Crippen LogP contribution in [0.4, 0.5) is 10.5 Å². The molecule has 2 aliphatic heterocycles. The van der Waals surface area contributed by atoms with Gasteiger partial charge in [0, 0.05) is 62.6 Å². The van der Waals surface area contributed by atoms with Crippen LogP contribution in [0.3, 0.4) is 0 Å². The fraction of sp³-hybridized carbons (Fsp3) is 0.300. The van der Waals surface area contributed by atoms with E-state index in [9.17, 15) is 9.59 Å². The third-order valence-electron chi connectivity index (χ3n) is 4.75. The monoisotopic (exact) mass is 376 g/mol. The summed E-state index contributed by atoms with van der Waals surface area (Å²) < 4.78 is 0. The summed E-state index contributed by atoms with van der Waals surface area (Å²) >= 11 is 0. The van der Waals surface area contributed by atoms with Crippen LogP contribution in [0.25, 0.3) is 0 Å². The van der Waals surface area contributed by atoms with Crippen molar-refractivity contribution in [2.24, 2.45) is 0 Å². The molecular weight excluding hydrogens is 356 g/mol. The van der Waals surface area contributed by atoms with E-state index in [0.29, 0.717) is 5.56 Å². The van der Waals surface area contributed by atoms with E-state index >= 15 is 0 Å².